The second kappa shape index (κ2) is 8.65. The quantitative estimate of drug-likeness (QED) is 0.481. The molecule has 9 nitrogen and oxygen atoms in total. The molecule has 1 aromatic carbocycles. The van der Waals surface area contributed by atoms with Crippen LogP contribution in [0.4, 0.5) is 11.5 Å². The number of aryl methyl sites for hydroxylation is 4. The Labute approximate surface area is 203 Å². The van der Waals surface area contributed by atoms with E-state index < -0.39 is 0 Å². The lowest BCUT2D eigenvalue weighted by atomic mass is 9.98. The monoisotopic (exact) mass is 468 g/mol. The number of amides is 1. The molecule has 0 radical (unpaired) electrons. The summed E-state index contributed by atoms with van der Waals surface area (Å²) in [5.41, 5.74) is 4.65. The van der Waals surface area contributed by atoms with E-state index in [-0.39, 0.29) is 11.8 Å². The Kier molecular flexibility index (Phi) is 5.32. The Balaban J connectivity index is 1.14. The zero-order chi connectivity index (χ0) is 23.9. The van der Waals surface area contributed by atoms with Gasteiger partial charge in [-0.2, -0.15) is 5.10 Å². The molecule has 0 bridgehead atoms. The molecule has 0 atom stereocenters. The first kappa shape index (κ1) is 21.5. The second-order valence-corrected chi connectivity index (χ2v) is 9.40. The predicted octanol–water partition coefficient (Wildman–Crippen LogP) is 3.55. The van der Waals surface area contributed by atoms with Gasteiger partial charge >= 0.3 is 0 Å². The van der Waals surface area contributed by atoms with Crippen LogP contribution in [-0.4, -0.2) is 48.3 Å². The number of para-hydroxylation sites is 1. The lowest BCUT2D eigenvalue weighted by molar-refractivity contribution is -0.120. The van der Waals surface area contributed by atoms with Crippen LogP contribution < -0.4 is 10.2 Å². The largest absolute Gasteiger partial charge is 0.355 e. The number of hydrogen-bond acceptors (Lipinski definition) is 6. The van der Waals surface area contributed by atoms with E-state index in [9.17, 15) is 4.79 Å². The first-order valence-electron chi connectivity index (χ1n) is 12.1. The van der Waals surface area contributed by atoms with Gasteiger partial charge in [0, 0.05) is 49.6 Å². The minimum absolute atomic E-state index is 0.0190. The Morgan fingerprint density at radius 2 is 1.89 bits per heavy atom. The molecule has 35 heavy (non-hydrogen) atoms. The molecule has 6 rings (SSSR count). The van der Waals surface area contributed by atoms with Gasteiger partial charge in [0.05, 0.1) is 23.0 Å². The van der Waals surface area contributed by atoms with E-state index in [1.807, 2.05) is 54.9 Å². The molecule has 9 heteroatoms. The number of carbonyl (C=O) groups is 1. The van der Waals surface area contributed by atoms with Crippen LogP contribution in [0.2, 0.25) is 0 Å². The van der Waals surface area contributed by atoms with E-state index in [0.717, 1.165) is 58.8 Å². The maximum absolute atomic E-state index is 13.1. The van der Waals surface area contributed by atoms with Crippen LogP contribution >= 0.6 is 0 Å². The van der Waals surface area contributed by atoms with Crippen molar-refractivity contribution in [1.82, 2.24) is 29.3 Å². The van der Waals surface area contributed by atoms with Crippen molar-refractivity contribution in [1.29, 1.82) is 0 Å². The highest BCUT2D eigenvalue weighted by molar-refractivity contribution is 5.97. The molecule has 3 aromatic heterocycles. The molecule has 5 heterocycles. The summed E-state index contributed by atoms with van der Waals surface area (Å²) in [6.45, 7) is 6.20. The fourth-order valence-corrected chi connectivity index (χ4v) is 4.91. The summed E-state index contributed by atoms with van der Waals surface area (Å²) in [4.78, 5) is 28.8. The van der Waals surface area contributed by atoms with Gasteiger partial charge in [-0.3, -0.25) is 4.79 Å². The maximum atomic E-state index is 13.1. The van der Waals surface area contributed by atoms with E-state index >= 15 is 0 Å². The van der Waals surface area contributed by atoms with Gasteiger partial charge < -0.3 is 14.8 Å². The average molecular weight is 469 g/mol. The molecular formula is C26H28N8O. The van der Waals surface area contributed by atoms with Crippen molar-refractivity contribution in [2.45, 2.75) is 39.7 Å². The molecule has 1 saturated heterocycles. The van der Waals surface area contributed by atoms with E-state index in [2.05, 4.69) is 36.0 Å². The number of fused-ring (bicyclic) bond motifs is 1. The fourth-order valence-electron chi connectivity index (χ4n) is 4.91. The van der Waals surface area contributed by atoms with Crippen molar-refractivity contribution in [3.05, 3.63) is 66.1 Å². The summed E-state index contributed by atoms with van der Waals surface area (Å²) < 4.78 is 4.05. The molecule has 0 aliphatic carbocycles. The minimum Gasteiger partial charge on any atom is -0.355 e. The van der Waals surface area contributed by atoms with Gasteiger partial charge in [-0.05, 0) is 38.8 Å². The first-order valence-corrected chi connectivity index (χ1v) is 12.1. The van der Waals surface area contributed by atoms with Gasteiger partial charge in [0.2, 0.25) is 5.91 Å². The van der Waals surface area contributed by atoms with Gasteiger partial charge in [-0.25, -0.2) is 19.6 Å². The molecule has 0 unspecified atom stereocenters. The van der Waals surface area contributed by atoms with E-state index in [1.54, 1.807) is 6.33 Å². The zero-order valence-electron chi connectivity index (χ0n) is 20.0. The van der Waals surface area contributed by atoms with Crippen molar-refractivity contribution in [2.24, 2.45) is 5.92 Å². The van der Waals surface area contributed by atoms with E-state index in [4.69, 9.17) is 4.98 Å². The highest BCUT2D eigenvalue weighted by atomic mass is 16.2. The highest BCUT2D eigenvalue weighted by Crippen LogP contribution is 2.31. The average Bonchev–Trinajstić information content (AvgIpc) is 3.41. The molecule has 2 aliphatic rings. The van der Waals surface area contributed by atoms with E-state index in [1.165, 1.54) is 12.8 Å². The lowest BCUT2D eigenvalue weighted by Crippen LogP contribution is -2.52. The third kappa shape index (κ3) is 4.07. The summed E-state index contributed by atoms with van der Waals surface area (Å²) in [5.74, 6) is 2.57. The number of aromatic nitrogens is 6. The maximum Gasteiger partial charge on any atom is 0.231 e. The van der Waals surface area contributed by atoms with Crippen molar-refractivity contribution in [2.75, 3.05) is 23.3 Å². The van der Waals surface area contributed by atoms with Gasteiger partial charge in [0.1, 0.15) is 18.0 Å². The number of rotatable bonds is 5. The topological polar surface area (TPSA) is 93.8 Å². The van der Waals surface area contributed by atoms with Crippen molar-refractivity contribution in [3.63, 3.8) is 0 Å². The minimum atomic E-state index is -0.106. The van der Waals surface area contributed by atoms with Crippen LogP contribution in [0.5, 0.6) is 0 Å². The Bertz CT molecular complexity index is 1370. The fraction of sp³-hybridized carbons (Fsp3) is 0.346. The smallest absolute Gasteiger partial charge is 0.231 e. The number of benzene rings is 1. The Morgan fingerprint density at radius 3 is 2.69 bits per heavy atom. The van der Waals surface area contributed by atoms with Crippen molar-refractivity contribution < 1.29 is 4.79 Å². The number of nitrogens with one attached hydrogen (secondary N) is 1. The zero-order valence-corrected chi connectivity index (χ0v) is 20.0. The Morgan fingerprint density at radius 1 is 1.06 bits per heavy atom. The van der Waals surface area contributed by atoms with Crippen LogP contribution in [0, 0.1) is 19.8 Å². The summed E-state index contributed by atoms with van der Waals surface area (Å²) in [6, 6.07) is 11.9. The van der Waals surface area contributed by atoms with Gasteiger partial charge in [-0.15, -0.1) is 0 Å². The lowest BCUT2D eigenvalue weighted by Gasteiger charge is -2.39. The van der Waals surface area contributed by atoms with Crippen LogP contribution in [0.15, 0.2) is 48.9 Å². The number of hydrogen-bond donors (Lipinski definition) is 1. The van der Waals surface area contributed by atoms with Crippen LogP contribution in [0.25, 0.3) is 17.1 Å². The summed E-state index contributed by atoms with van der Waals surface area (Å²) >= 11 is 0. The van der Waals surface area contributed by atoms with E-state index in [0.29, 0.717) is 13.1 Å². The summed E-state index contributed by atoms with van der Waals surface area (Å²) in [5, 5.41) is 7.66. The highest BCUT2D eigenvalue weighted by Gasteiger charge is 2.34. The molecule has 1 fully saturated rings. The van der Waals surface area contributed by atoms with Gasteiger partial charge in [-0.1, -0.05) is 18.2 Å². The number of carbonyl (C=O) groups excluding carboxylic acids is 1. The molecule has 1 N–H and O–H groups in total. The van der Waals surface area contributed by atoms with Crippen LogP contribution in [0.1, 0.15) is 30.1 Å². The molecule has 1 amide bonds. The molecular weight excluding hydrogens is 440 g/mol. The summed E-state index contributed by atoms with van der Waals surface area (Å²) in [6.07, 6.45) is 7.04. The number of imidazole rings is 1. The molecule has 178 valence electrons. The molecule has 2 aliphatic heterocycles. The van der Waals surface area contributed by atoms with Crippen molar-refractivity contribution in [3.8, 4) is 17.1 Å². The first-order chi connectivity index (χ1) is 17.0. The molecule has 4 aromatic rings. The number of anilines is 2. The molecule has 0 spiro atoms. The summed E-state index contributed by atoms with van der Waals surface area (Å²) in [7, 11) is 0. The Hall–Kier alpha value is -4.01. The van der Waals surface area contributed by atoms with Crippen LogP contribution in [0.3, 0.4) is 0 Å². The predicted molar refractivity (Wildman–Crippen MR) is 134 cm³/mol. The van der Waals surface area contributed by atoms with Crippen molar-refractivity contribution >= 4 is 17.4 Å². The third-order valence-corrected chi connectivity index (χ3v) is 6.81. The van der Waals surface area contributed by atoms with Gasteiger partial charge in [0.25, 0.3) is 0 Å². The second-order valence-electron chi connectivity index (χ2n) is 9.40. The van der Waals surface area contributed by atoms with Gasteiger partial charge in [0.15, 0.2) is 5.82 Å². The SMILES string of the molecule is Cc1cc(C)n(-c2cc(N3CC(C(=O)Nc4ccccc4-c4cn5c(n4)CCCC5)C3)ncn2)n1. The third-order valence-electron chi connectivity index (χ3n) is 6.81. The standard InChI is InChI=1S/C26H28N8O/c1-17-11-18(2)34(31-17)25-12-24(27-16-28-25)33-13-19(14-33)26(35)30-21-8-4-3-7-20(21)22-15-32-10-6-5-9-23(32)29-22/h3-4,7-8,11-12,15-16,19H,5-6,9-10,13-14H2,1-2H3,(H,30,35). The molecule has 0 saturated carbocycles. The number of nitrogens with zero attached hydrogens (tertiary/aromatic N) is 7. The van der Waals surface area contributed by atoms with Crippen LogP contribution in [-0.2, 0) is 17.8 Å². The normalized spacial score (nSPS) is 15.5.